The molecule has 0 radical (unpaired) electrons. The Morgan fingerprint density at radius 1 is 0.344 bits per heavy atom. The largest absolute Gasteiger partial charge is 0.462 e. The van der Waals surface area contributed by atoms with Gasteiger partial charge in [-0.15, -0.1) is 0 Å². The standard InChI is InChI=1S/C55H92O6/c1-4-7-10-13-16-19-22-25-27-28-29-31-33-36-39-42-45-48-54(57)60-51-52(50-59-53(56)47-44-41-38-35-32-24-21-18-15-12-9-6-3)61-55(58)49-46-43-40-37-34-30-26-23-20-17-14-11-8-5-2/h7-8,10-11,16-17,19-20,25,27,29,31,36,39,52H,4-6,9,12-15,18,21-24,26,28,30,32-35,37-38,40-51H2,1-3H3/b10-7-,11-8-,19-16-,20-17-,27-25-,31-29-,39-36-. The number of rotatable bonds is 44. The molecule has 0 bridgehead atoms. The van der Waals surface area contributed by atoms with Gasteiger partial charge in [-0.25, -0.2) is 0 Å². The molecule has 6 heteroatoms. The van der Waals surface area contributed by atoms with Gasteiger partial charge in [0, 0.05) is 19.3 Å². The normalized spacial score (nSPS) is 12.8. The first-order valence-electron chi connectivity index (χ1n) is 25.1. The van der Waals surface area contributed by atoms with E-state index < -0.39 is 6.10 Å². The van der Waals surface area contributed by atoms with Crippen molar-refractivity contribution in [2.24, 2.45) is 0 Å². The average molecular weight is 849 g/mol. The van der Waals surface area contributed by atoms with Crippen molar-refractivity contribution in [1.29, 1.82) is 0 Å². The molecule has 0 N–H and O–H groups in total. The van der Waals surface area contributed by atoms with Crippen LogP contribution in [-0.4, -0.2) is 37.2 Å². The van der Waals surface area contributed by atoms with Crippen LogP contribution in [0.5, 0.6) is 0 Å². The molecule has 0 amide bonds. The van der Waals surface area contributed by atoms with E-state index >= 15 is 0 Å². The van der Waals surface area contributed by atoms with Crippen molar-refractivity contribution in [3.05, 3.63) is 85.1 Å². The van der Waals surface area contributed by atoms with E-state index in [0.717, 1.165) is 96.3 Å². The van der Waals surface area contributed by atoms with Crippen molar-refractivity contribution in [1.82, 2.24) is 0 Å². The van der Waals surface area contributed by atoms with Gasteiger partial charge < -0.3 is 14.2 Å². The van der Waals surface area contributed by atoms with Crippen LogP contribution in [0.2, 0.25) is 0 Å². The molecule has 0 spiro atoms. The summed E-state index contributed by atoms with van der Waals surface area (Å²) in [4.78, 5) is 37.9. The average Bonchev–Trinajstić information content (AvgIpc) is 3.26. The first-order chi connectivity index (χ1) is 30.0. The molecular formula is C55H92O6. The van der Waals surface area contributed by atoms with Crippen LogP contribution in [-0.2, 0) is 28.6 Å². The number of hydrogen-bond acceptors (Lipinski definition) is 6. The molecule has 0 aliphatic heterocycles. The van der Waals surface area contributed by atoms with Gasteiger partial charge in [-0.1, -0.05) is 209 Å². The van der Waals surface area contributed by atoms with E-state index in [-0.39, 0.29) is 37.5 Å². The van der Waals surface area contributed by atoms with Crippen LogP contribution in [0, 0.1) is 0 Å². The highest BCUT2D eigenvalue weighted by molar-refractivity contribution is 5.71. The lowest BCUT2D eigenvalue weighted by molar-refractivity contribution is -0.167. The summed E-state index contributed by atoms with van der Waals surface area (Å²) >= 11 is 0. The number of unbranched alkanes of at least 4 members (excludes halogenated alkanes) is 19. The Hall–Kier alpha value is -3.41. The smallest absolute Gasteiger partial charge is 0.306 e. The van der Waals surface area contributed by atoms with Crippen molar-refractivity contribution in [3.8, 4) is 0 Å². The Labute approximate surface area is 375 Å². The molecule has 0 aliphatic carbocycles. The first-order valence-corrected chi connectivity index (χ1v) is 25.1. The van der Waals surface area contributed by atoms with E-state index in [9.17, 15) is 14.4 Å². The molecule has 0 fully saturated rings. The SMILES string of the molecule is CC/C=C\C/C=C\C/C=C\C/C=C\C/C=C\CCCC(=O)OCC(COC(=O)CCCCCCCCCCCCCC)OC(=O)CCCCCCCCC/C=C\C/C=C\CC. The molecule has 1 unspecified atom stereocenters. The minimum absolute atomic E-state index is 0.0965. The summed E-state index contributed by atoms with van der Waals surface area (Å²) in [5.41, 5.74) is 0. The number of esters is 3. The minimum atomic E-state index is -0.801. The third-order valence-electron chi connectivity index (χ3n) is 10.4. The van der Waals surface area contributed by atoms with Gasteiger partial charge in [0.15, 0.2) is 6.10 Å². The fraction of sp³-hybridized carbons (Fsp3) is 0.691. The van der Waals surface area contributed by atoms with Crippen LogP contribution in [0.1, 0.15) is 226 Å². The quantitative estimate of drug-likeness (QED) is 0.0263. The Morgan fingerprint density at radius 2 is 0.656 bits per heavy atom. The van der Waals surface area contributed by atoms with Gasteiger partial charge in [-0.05, 0) is 83.5 Å². The Bertz CT molecular complexity index is 1200. The summed E-state index contributed by atoms with van der Waals surface area (Å²) in [6.07, 6.45) is 62.8. The predicted octanol–water partition coefficient (Wildman–Crippen LogP) is 16.4. The molecule has 0 saturated carbocycles. The van der Waals surface area contributed by atoms with Crippen LogP contribution in [0.15, 0.2) is 85.1 Å². The molecule has 1 atom stereocenters. The number of hydrogen-bond donors (Lipinski definition) is 0. The number of allylic oxidation sites excluding steroid dienone is 14. The fourth-order valence-electron chi connectivity index (χ4n) is 6.69. The second-order valence-electron chi connectivity index (χ2n) is 16.3. The number of carbonyl (C=O) groups excluding carboxylic acids is 3. The minimum Gasteiger partial charge on any atom is -0.462 e. The van der Waals surface area contributed by atoms with E-state index in [1.807, 2.05) is 0 Å². The molecule has 0 heterocycles. The first kappa shape index (κ1) is 57.6. The van der Waals surface area contributed by atoms with E-state index in [1.165, 1.54) is 83.5 Å². The van der Waals surface area contributed by atoms with E-state index in [1.54, 1.807) is 0 Å². The third-order valence-corrected chi connectivity index (χ3v) is 10.4. The Morgan fingerprint density at radius 3 is 1.07 bits per heavy atom. The zero-order chi connectivity index (χ0) is 44.4. The van der Waals surface area contributed by atoms with Gasteiger partial charge in [0.25, 0.3) is 0 Å². The van der Waals surface area contributed by atoms with Crippen LogP contribution in [0.3, 0.4) is 0 Å². The van der Waals surface area contributed by atoms with Crippen molar-refractivity contribution in [2.45, 2.75) is 232 Å². The van der Waals surface area contributed by atoms with Gasteiger partial charge in [-0.2, -0.15) is 0 Å². The second-order valence-corrected chi connectivity index (χ2v) is 16.3. The van der Waals surface area contributed by atoms with E-state index in [4.69, 9.17) is 14.2 Å². The molecule has 348 valence electrons. The fourth-order valence-corrected chi connectivity index (χ4v) is 6.69. The summed E-state index contributed by atoms with van der Waals surface area (Å²) in [5, 5.41) is 0. The Balaban J connectivity index is 4.48. The lowest BCUT2D eigenvalue weighted by atomic mass is 10.0. The van der Waals surface area contributed by atoms with Gasteiger partial charge in [-0.3, -0.25) is 14.4 Å². The predicted molar refractivity (Wildman–Crippen MR) is 261 cm³/mol. The van der Waals surface area contributed by atoms with Crippen LogP contribution in [0.25, 0.3) is 0 Å². The molecule has 0 rings (SSSR count). The number of carbonyl (C=O) groups is 3. The van der Waals surface area contributed by atoms with Crippen molar-refractivity contribution >= 4 is 17.9 Å². The maximum Gasteiger partial charge on any atom is 0.306 e. The van der Waals surface area contributed by atoms with Gasteiger partial charge in [0.05, 0.1) is 0 Å². The van der Waals surface area contributed by atoms with Crippen molar-refractivity contribution in [3.63, 3.8) is 0 Å². The molecule has 0 saturated heterocycles. The summed E-state index contributed by atoms with van der Waals surface area (Å²) in [5.74, 6) is -0.968. The van der Waals surface area contributed by atoms with Crippen molar-refractivity contribution < 1.29 is 28.6 Å². The third kappa shape index (κ3) is 47.5. The number of ether oxygens (including phenoxy) is 3. The van der Waals surface area contributed by atoms with E-state index in [0.29, 0.717) is 19.3 Å². The van der Waals surface area contributed by atoms with Crippen LogP contribution >= 0.6 is 0 Å². The second kappa shape index (κ2) is 49.2. The van der Waals surface area contributed by atoms with Crippen molar-refractivity contribution in [2.75, 3.05) is 13.2 Å². The van der Waals surface area contributed by atoms with Gasteiger partial charge >= 0.3 is 17.9 Å². The molecular weight excluding hydrogens is 757 g/mol. The van der Waals surface area contributed by atoms with Gasteiger partial charge in [0.2, 0.25) is 0 Å². The highest BCUT2D eigenvalue weighted by Gasteiger charge is 2.19. The lowest BCUT2D eigenvalue weighted by Crippen LogP contribution is -2.30. The molecule has 0 aromatic rings. The molecule has 61 heavy (non-hydrogen) atoms. The van der Waals surface area contributed by atoms with Gasteiger partial charge in [0.1, 0.15) is 13.2 Å². The maximum atomic E-state index is 12.8. The maximum absolute atomic E-state index is 12.8. The highest BCUT2D eigenvalue weighted by Crippen LogP contribution is 2.14. The Kier molecular flexibility index (Phi) is 46.5. The summed E-state index contributed by atoms with van der Waals surface area (Å²) < 4.78 is 16.7. The zero-order valence-electron chi connectivity index (χ0n) is 39.7. The molecule has 0 aromatic heterocycles. The molecule has 6 nitrogen and oxygen atoms in total. The topological polar surface area (TPSA) is 78.9 Å². The summed E-state index contributed by atoms with van der Waals surface area (Å²) in [6, 6.07) is 0. The van der Waals surface area contributed by atoms with E-state index in [2.05, 4.69) is 106 Å². The van der Waals surface area contributed by atoms with Crippen LogP contribution in [0.4, 0.5) is 0 Å². The lowest BCUT2D eigenvalue weighted by Gasteiger charge is -2.18. The molecule has 0 aromatic carbocycles. The molecule has 0 aliphatic rings. The highest BCUT2D eigenvalue weighted by atomic mass is 16.6. The zero-order valence-corrected chi connectivity index (χ0v) is 39.7. The monoisotopic (exact) mass is 849 g/mol. The summed E-state index contributed by atoms with van der Waals surface area (Å²) in [7, 11) is 0. The summed E-state index contributed by atoms with van der Waals surface area (Å²) in [6.45, 7) is 6.35. The van der Waals surface area contributed by atoms with Crippen LogP contribution < -0.4 is 0 Å².